The average molecular weight is 243 g/mol. The number of nitrogens with zero attached hydrogens (tertiary/aromatic N) is 2. The molecule has 1 aliphatic heterocycles. The first-order valence-electron chi connectivity index (χ1n) is 5.95. The molecule has 0 bridgehead atoms. The van der Waals surface area contributed by atoms with E-state index in [2.05, 4.69) is 15.3 Å². The zero-order valence-corrected chi connectivity index (χ0v) is 9.80. The second kappa shape index (κ2) is 4.60. The summed E-state index contributed by atoms with van der Waals surface area (Å²) in [6.45, 7) is 0.421. The maximum absolute atomic E-state index is 11.0. The van der Waals surface area contributed by atoms with Gasteiger partial charge in [0.15, 0.2) is 0 Å². The smallest absolute Gasteiger partial charge is 0.316 e. The molecule has 5 nitrogen and oxygen atoms in total. The van der Waals surface area contributed by atoms with E-state index < -0.39 is 0 Å². The third-order valence-electron chi connectivity index (χ3n) is 2.97. The number of benzene rings is 1. The van der Waals surface area contributed by atoms with Gasteiger partial charge in [0.1, 0.15) is 6.61 Å². The number of amides is 1. The normalized spacial score (nSPS) is 18.9. The first kappa shape index (κ1) is 11.0. The second-order valence-electron chi connectivity index (χ2n) is 4.33. The molecule has 1 unspecified atom stereocenters. The maximum atomic E-state index is 11.0. The minimum absolute atomic E-state index is 0.0765. The third kappa shape index (κ3) is 2.25. The van der Waals surface area contributed by atoms with Crippen molar-refractivity contribution in [1.82, 2.24) is 15.3 Å². The van der Waals surface area contributed by atoms with Crippen LogP contribution in [0.1, 0.15) is 12.8 Å². The van der Waals surface area contributed by atoms with Crippen LogP contribution in [0.25, 0.3) is 10.9 Å². The Hall–Kier alpha value is -2.17. The van der Waals surface area contributed by atoms with Gasteiger partial charge >= 0.3 is 6.01 Å². The summed E-state index contributed by atoms with van der Waals surface area (Å²) in [6.07, 6.45) is 3.13. The molecule has 92 valence electrons. The quantitative estimate of drug-likeness (QED) is 0.882. The predicted octanol–water partition coefficient (Wildman–Crippen LogP) is 1.29. The van der Waals surface area contributed by atoms with E-state index in [0.29, 0.717) is 19.0 Å². The van der Waals surface area contributed by atoms with Gasteiger partial charge in [0.25, 0.3) is 0 Å². The number of fused-ring (bicyclic) bond motifs is 1. The van der Waals surface area contributed by atoms with Gasteiger partial charge in [0.2, 0.25) is 5.91 Å². The van der Waals surface area contributed by atoms with E-state index in [1.165, 1.54) is 0 Å². The van der Waals surface area contributed by atoms with Crippen LogP contribution < -0.4 is 10.1 Å². The van der Waals surface area contributed by atoms with Crippen LogP contribution in [0.2, 0.25) is 0 Å². The van der Waals surface area contributed by atoms with Crippen molar-refractivity contribution in [2.45, 2.75) is 18.9 Å². The highest BCUT2D eigenvalue weighted by Crippen LogP contribution is 2.14. The Morgan fingerprint density at radius 3 is 3.11 bits per heavy atom. The van der Waals surface area contributed by atoms with E-state index in [4.69, 9.17) is 4.74 Å². The van der Waals surface area contributed by atoms with Gasteiger partial charge in [0, 0.05) is 18.0 Å². The molecule has 1 atom stereocenters. The van der Waals surface area contributed by atoms with Crippen LogP contribution in [0.15, 0.2) is 30.5 Å². The van der Waals surface area contributed by atoms with E-state index in [9.17, 15) is 4.79 Å². The van der Waals surface area contributed by atoms with Crippen LogP contribution in [-0.4, -0.2) is 28.5 Å². The number of para-hydroxylation sites is 1. The number of ether oxygens (including phenoxy) is 1. The summed E-state index contributed by atoms with van der Waals surface area (Å²) in [4.78, 5) is 19.5. The fourth-order valence-corrected chi connectivity index (χ4v) is 2.00. The van der Waals surface area contributed by atoms with Crippen molar-refractivity contribution in [1.29, 1.82) is 0 Å². The first-order chi connectivity index (χ1) is 8.81. The minimum Gasteiger partial charge on any atom is -0.461 e. The lowest BCUT2D eigenvalue weighted by molar-refractivity contribution is -0.119. The lowest BCUT2D eigenvalue weighted by atomic mass is 10.2. The number of rotatable bonds is 3. The number of hydrogen-bond acceptors (Lipinski definition) is 4. The van der Waals surface area contributed by atoms with Gasteiger partial charge in [-0.3, -0.25) is 4.79 Å². The summed E-state index contributed by atoms with van der Waals surface area (Å²) in [5, 5.41) is 3.83. The summed E-state index contributed by atoms with van der Waals surface area (Å²) < 4.78 is 5.51. The van der Waals surface area contributed by atoms with Gasteiger partial charge in [-0.2, -0.15) is 4.98 Å². The molecule has 2 aromatic rings. The Bertz CT molecular complexity index is 585. The molecule has 1 aliphatic rings. The molecule has 2 heterocycles. The fourth-order valence-electron chi connectivity index (χ4n) is 2.00. The molecule has 1 fully saturated rings. The summed E-state index contributed by atoms with van der Waals surface area (Å²) in [6, 6.07) is 8.18. The molecule has 1 saturated heterocycles. The number of carbonyl (C=O) groups excluding carboxylic acids is 1. The standard InChI is InChI=1S/C13H13N3O2/c17-12-6-5-10(15-12)8-18-13-14-7-9-3-1-2-4-11(9)16-13/h1-4,7,10H,5-6,8H2,(H,15,17). The Morgan fingerprint density at radius 2 is 2.28 bits per heavy atom. The van der Waals surface area contributed by atoms with Crippen LogP contribution in [0.3, 0.4) is 0 Å². The molecule has 1 aromatic heterocycles. The zero-order valence-electron chi connectivity index (χ0n) is 9.80. The first-order valence-corrected chi connectivity index (χ1v) is 5.95. The fraction of sp³-hybridized carbons (Fsp3) is 0.308. The second-order valence-corrected chi connectivity index (χ2v) is 4.33. The largest absolute Gasteiger partial charge is 0.461 e. The predicted molar refractivity (Wildman–Crippen MR) is 66.2 cm³/mol. The van der Waals surface area contributed by atoms with Crippen LogP contribution in [0.5, 0.6) is 6.01 Å². The number of aromatic nitrogens is 2. The minimum atomic E-state index is 0.0765. The van der Waals surface area contributed by atoms with Crippen molar-refractivity contribution in [3.8, 4) is 6.01 Å². The molecule has 0 saturated carbocycles. The Labute approximate surface area is 104 Å². The third-order valence-corrected chi connectivity index (χ3v) is 2.97. The molecule has 1 aromatic carbocycles. The van der Waals surface area contributed by atoms with Gasteiger partial charge in [0.05, 0.1) is 11.6 Å². The molecular weight excluding hydrogens is 230 g/mol. The van der Waals surface area contributed by atoms with Gasteiger partial charge in [-0.25, -0.2) is 4.98 Å². The van der Waals surface area contributed by atoms with Crippen molar-refractivity contribution in [2.75, 3.05) is 6.61 Å². The molecule has 0 aliphatic carbocycles. The Morgan fingerprint density at radius 1 is 1.39 bits per heavy atom. The lowest BCUT2D eigenvalue weighted by Gasteiger charge is -2.10. The van der Waals surface area contributed by atoms with Gasteiger partial charge < -0.3 is 10.1 Å². The molecule has 0 spiro atoms. The number of hydrogen-bond donors (Lipinski definition) is 1. The maximum Gasteiger partial charge on any atom is 0.316 e. The number of carbonyl (C=O) groups is 1. The van der Waals surface area contributed by atoms with Crippen molar-refractivity contribution >= 4 is 16.8 Å². The summed E-state index contributed by atoms with van der Waals surface area (Å²) in [7, 11) is 0. The van der Waals surface area contributed by atoms with Gasteiger partial charge in [-0.15, -0.1) is 0 Å². The molecule has 1 N–H and O–H groups in total. The van der Waals surface area contributed by atoms with Crippen molar-refractivity contribution in [2.24, 2.45) is 0 Å². The molecule has 5 heteroatoms. The van der Waals surface area contributed by atoms with E-state index >= 15 is 0 Å². The van der Waals surface area contributed by atoms with Crippen LogP contribution in [0, 0.1) is 0 Å². The SMILES string of the molecule is O=C1CCC(COc2ncc3ccccc3n2)N1. The summed E-state index contributed by atoms with van der Waals surface area (Å²) >= 11 is 0. The van der Waals surface area contributed by atoms with E-state index in [0.717, 1.165) is 17.3 Å². The Balaban J connectivity index is 1.69. The van der Waals surface area contributed by atoms with Gasteiger partial charge in [-0.05, 0) is 12.5 Å². The van der Waals surface area contributed by atoms with Crippen molar-refractivity contribution in [3.05, 3.63) is 30.5 Å². The highest BCUT2D eigenvalue weighted by Gasteiger charge is 2.21. The van der Waals surface area contributed by atoms with Gasteiger partial charge in [-0.1, -0.05) is 18.2 Å². The summed E-state index contributed by atoms with van der Waals surface area (Å²) in [5.41, 5.74) is 0.859. The highest BCUT2D eigenvalue weighted by atomic mass is 16.5. The van der Waals surface area contributed by atoms with Crippen molar-refractivity contribution < 1.29 is 9.53 Å². The monoisotopic (exact) mass is 243 g/mol. The summed E-state index contributed by atoms with van der Waals surface area (Å²) in [5.74, 6) is 0.0861. The van der Waals surface area contributed by atoms with Crippen LogP contribution in [-0.2, 0) is 4.79 Å². The van der Waals surface area contributed by atoms with Crippen LogP contribution >= 0.6 is 0 Å². The molecule has 0 radical (unpaired) electrons. The Kier molecular flexibility index (Phi) is 2.80. The lowest BCUT2D eigenvalue weighted by Crippen LogP contribution is -2.31. The van der Waals surface area contributed by atoms with E-state index in [-0.39, 0.29) is 11.9 Å². The molecular formula is C13H13N3O2. The average Bonchev–Trinajstić information content (AvgIpc) is 2.82. The molecule has 1 amide bonds. The topological polar surface area (TPSA) is 64.1 Å². The molecule has 18 heavy (non-hydrogen) atoms. The molecule has 3 rings (SSSR count). The van der Waals surface area contributed by atoms with Crippen molar-refractivity contribution in [3.63, 3.8) is 0 Å². The number of nitrogens with one attached hydrogen (secondary N) is 1. The van der Waals surface area contributed by atoms with E-state index in [1.807, 2.05) is 24.3 Å². The highest BCUT2D eigenvalue weighted by molar-refractivity contribution is 5.78. The van der Waals surface area contributed by atoms with E-state index in [1.54, 1.807) is 6.20 Å². The van der Waals surface area contributed by atoms with Crippen LogP contribution in [0.4, 0.5) is 0 Å². The zero-order chi connectivity index (χ0) is 12.4.